The zero-order valence-electron chi connectivity index (χ0n) is 31.8. The molecule has 0 fully saturated rings. The summed E-state index contributed by atoms with van der Waals surface area (Å²) in [5.41, 5.74) is 16.5. The van der Waals surface area contributed by atoms with Crippen LogP contribution in [0.4, 0.5) is 34.1 Å². The van der Waals surface area contributed by atoms with Gasteiger partial charge in [0, 0.05) is 34.1 Å². The molecule has 0 aromatic heterocycles. The molecule has 0 atom stereocenters. The molecule has 4 heteroatoms. The standard InChI is InChI=1S/C54H37BN2Si/c1-6-20-38(21-7-1)56-48-34-18-32-46-44-30-16-17-31-45(44)47-33-19-35-49-53(47)55(52(46)48)54-50(56)36-43(37-51(54)57(49)39-22-8-2-9-23-39)58(40-24-10-3-11-25-40,41-26-12-4-13-27-41)42-28-14-5-15-29-42/h1-37H. The van der Waals surface area contributed by atoms with Gasteiger partial charge in [-0.1, -0.05) is 176 Å². The summed E-state index contributed by atoms with van der Waals surface area (Å²) >= 11 is 0. The number of para-hydroxylation sites is 2. The minimum Gasteiger partial charge on any atom is -0.311 e. The monoisotopic (exact) mass is 752 g/mol. The molecule has 3 aliphatic heterocycles. The van der Waals surface area contributed by atoms with Crippen LogP contribution < -0.4 is 46.9 Å². The molecule has 0 N–H and O–H groups in total. The van der Waals surface area contributed by atoms with E-state index in [9.17, 15) is 0 Å². The topological polar surface area (TPSA) is 6.48 Å². The first kappa shape index (κ1) is 33.0. The van der Waals surface area contributed by atoms with Crippen molar-refractivity contribution in [2.45, 2.75) is 0 Å². The molecule has 0 aliphatic carbocycles. The number of fused-ring (bicyclic) bond motifs is 3. The first-order valence-corrected chi connectivity index (χ1v) is 22.2. The van der Waals surface area contributed by atoms with E-state index >= 15 is 0 Å². The number of hydrogen-bond donors (Lipinski definition) is 0. The molecule has 9 aromatic rings. The first-order chi connectivity index (χ1) is 28.8. The summed E-state index contributed by atoms with van der Waals surface area (Å²) in [6.07, 6.45) is 0. The van der Waals surface area contributed by atoms with E-state index in [0.29, 0.717) is 0 Å². The van der Waals surface area contributed by atoms with Gasteiger partial charge in [-0.25, -0.2) is 0 Å². The highest BCUT2D eigenvalue weighted by atomic mass is 28.3. The Morgan fingerprint density at radius 1 is 0.276 bits per heavy atom. The molecule has 0 spiro atoms. The highest BCUT2D eigenvalue weighted by Gasteiger charge is 2.49. The quantitative estimate of drug-likeness (QED) is 0.124. The van der Waals surface area contributed by atoms with Crippen molar-refractivity contribution in [1.29, 1.82) is 0 Å². The van der Waals surface area contributed by atoms with Gasteiger partial charge in [0.15, 0.2) is 8.07 Å². The fourth-order valence-electron chi connectivity index (χ4n) is 10.5. The Kier molecular flexibility index (Phi) is 7.38. The normalized spacial score (nSPS) is 13.1. The second-order valence-corrected chi connectivity index (χ2v) is 19.4. The van der Waals surface area contributed by atoms with Crippen molar-refractivity contribution in [2.75, 3.05) is 9.80 Å². The smallest absolute Gasteiger partial charge is 0.253 e. The number of nitrogens with zero attached hydrogens (tertiary/aromatic N) is 2. The van der Waals surface area contributed by atoms with Crippen LogP contribution in [0.1, 0.15) is 0 Å². The van der Waals surface area contributed by atoms with Crippen LogP contribution >= 0.6 is 0 Å². The van der Waals surface area contributed by atoms with Crippen molar-refractivity contribution >= 4 is 86.0 Å². The lowest BCUT2D eigenvalue weighted by atomic mass is 9.32. The minimum absolute atomic E-state index is 0.0185. The fraction of sp³-hybridized carbons (Fsp3) is 0. The Morgan fingerprint density at radius 3 is 1.02 bits per heavy atom. The molecule has 2 nitrogen and oxygen atoms in total. The first-order valence-electron chi connectivity index (χ1n) is 20.2. The zero-order chi connectivity index (χ0) is 38.2. The van der Waals surface area contributed by atoms with Gasteiger partial charge in [-0.2, -0.15) is 0 Å². The van der Waals surface area contributed by atoms with Gasteiger partial charge in [0.05, 0.1) is 0 Å². The molecule has 0 saturated heterocycles. The van der Waals surface area contributed by atoms with E-state index in [1.165, 1.54) is 82.1 Å². The number of rotatable bonds is 6. The average Bonchev–Trinajstić information content (AvgIpc) is 3.43. The largest absolute Gasteiger partial charge is 0.311 e. The Balaban J connectivity index is 1.30. The van der Waals surface area contributed by atoms with Crippen molar-refractivity contribution < 1.29 is 0 Å². The molecule has 12 rings (SSSR count). The van der Waals surface area contributed by atoms with E-state index in [1.54, 1.807) is 0 Å². The summed E-state index contributed by atoms with van der Waals surface area (Å²) in [5.74, 6) is 0. The summed E-state index contributed by atoms with van der Waals surface area (Å²) in [4.78, 5) is 5.14. The molecule has 0 unspecified atom stereocenters. The Labute approximate surface area is 341 Å². The second kappa shape index (κ2) is 13.0. The van der Waals surface area contributed by atoms with Crippen molar-refractivity contribution in [3.63, 3.8) is 0 Å². The summed E-state index contributed by atoms with van der Waals surface area (Å²) in [6.45, 7) is 0.0185. The van der Waals surface area contributed by atoms with E-state index in [4.69, 9.17) is 0 Å². The van der Waals surface area contributed by atoms with Gasteiger partial charge in [0.25, 0.3) is 6.71 Å². The Morgan fingerprint density at radius 2 is 0.621 bits per heavy atom. The second-order valence-electron chi connectivity index (χ2n) is 15.6. The van der Waals surface area contributed by atoms with Crippen LogP contribution in [0.2, 0.25) is 0 Å². The van der Waals surface area contributed by atoms with Gasteiger partial charge in [-0.15, -0.1) is 0 Å². The van der Waals surface area contributed by atoms with Crippen LogP contribution in [0.5, 0.6) is 0 Å². The highest BCUT2D eigenvalue weighted by Crippen LogP contribution is 2.48. The number of hydrogen-bond acceptors (Lipinski definition) is 2. The predicted molar refractivity (Wildman–Crippen MR) is 249 cm³/mol. The number of anilines is 6. The molecular weight excluding hydrogens is 716 g/mol. The Bertz CT molecular complexity index is 2770. The third kappa shape index (κ3) is 4.61. The summed E-state index contributed by atoms with van der Waals surface area (Å²) < 4.78 is 0. The van der Waals surface area contributed by atoms with Gasteiger partial charge < -0.3 is 9.80 Å². The summed E-state index contributed by atoms with van der Waals surface area (Å²) in [6, 6.07) is 84.2. The average molecular weight is 753 g/mol. The van der Waals surface area contributed by atoms with Gasteiger partial charge in [-0.05, 0) is 108 Å². The van der Waals surface area contributed by atoms with E-state index in [1.807, 2.05) is 0 Å². The molecule has 0 radical (unpaired) electrons. The molecule has 58 heavy (non-hydrogen) atoms. The van der Waals surface area contributed by atoms with Crippen LogP contribution in [0, 0.1) is 0 Å². The summed E-state index contributed by atoms with van der Waals surface area (Å²) in [5, 5.41) is 5.43. The highest BCUT2D eigenvalue weighted by molar-refractivity contribution is 7.20. The maximum absolute atomic E-state index is 2.96. The Hall–Kier alpha value is -7.14. The molecular formula is C54H37BN2Si. The molecule has 9 aromatic carbocycles. The zero-order valence-corrected chi connectivity index (χ0v) is 32.8. The van der Waals surface area contributed by atoms with Crippen LogP contribution in [0.15, 0.2) is 224 Å². The van der Waals surface area contributed by atoms with Gasteiger partial charge >= 0.3 is 0 Å². The molecule has 0 bridgehead atoms. The van der Waals surface area contributed by atoms with E-state index in [2.05, 4.69) is 234 Å². The van der Waals surface area contributed by atoms with Crippen molar-refractivity contribution in [3.8, 4) is 22.3 Å². The lowest BCUT2D eigenvalue weighted by Crippen LogP contribution is -2.75. The van der Waals surface area contributed by atoms with E-state index in [0.717, 1.165) is 11.4 Å². The van der Waals surface area contributed by atoms with Gasteiger partial charge in [0.1, 0.15) is 0 Å². The third-order valence-corrected chi connectivity index (χ3v) is 17.5. The lowest BCUT2D eigenvalue weighted by molar-refractivity contribution is 1.26. The predicted octanol–water partition coefficient (Wildman–Crippen LogP) is 8.79. The third-order valence-electron chi connectivity index (χ3n) is 12.7. The maximum Gasteiger partial charge on any atom is 0.253 e. The molecule has 270 valence electrons. The maximum atomic E-state index is 2.59. The van der Waals surface area contributed by atoms with Gasteiger partial charge in [-0.3, -0.25) is 0 Å². The minimum atomic E-state index is -2.96. The van der Waals surface area contributed by atoms with Crippen molar-refractivity contribution in [2.24, 2.45) is 0 Å². The number of benzene rings is 9. The van der Waals surface area contributed by atoms with Crippen LogP contribution in [0.3, 0.4) is 0 Å². The molecule has 3 heterocycles. The van der Waals surface area contributed by atoms with E-state index < -0.39 is 8.07 Å². The van der Waals surface area contributed by atoms with Crippen molar-refractivity contribution in [1.82, 2.24) is 0 Å². The lowest BCUT2D eigenvalue weighted by Gasteiger charge is -2.46. The van der Waals surface area contributed by atoms with Crippen molar-refractivity contribution in [3.05, 3.63) is 224 Å². The molecule has 0 amide bonds. The molecule has 3 aliphatic rings. The molecule has 0 saturated carbocycles. The van der Waals surface area contributed by atoms with E-state index in [-0.39, 0.29) is 6.71 Å². The fourth-order valence-corrected chi connectivity index (χ4v) is 15.3. The van der Waals surface area contributed by atoms with Crippen LogP contribution in [0.25, 0.3) is 22.3 Å². The summed E-state index contributed by atoms with van der Waals surface area (Å²) in [7, 11) is -2.96. The van der Waals surface area contributed by atoms with Crippen LogP contribution in [-0.4, -0.2) is 14.8 Å². The SMILES string of the molecule is c1ccc(N2c3cccc4c3B3c5c(cccc5N(c5ccccc5)c5cc([Si](c6ccccc6)(c6ccccc6)c6ccccc6)cc2c53)-c2ccccc2-4)cc1. The van der Waals surface area contributed by atoms with Crippen LogP contribution in [-0.2, 0) is 0 Å². The van der Waals surface area contributed by atoms with Gasteiger partial charge in [0.2, 0.25) is 0 Å².